The number of hydrogen-bond donors (Lipinski definition) is 1. The van der Waals surface area contributed by atoms with Crippen LogP contribution in [0.1, 0.15) is 16.7 Å². The monoisotopic (exact) mass is 282 g/mol. The highest BCUT2D eigenvalue weighted by atomic mass is 16.5. The Labute approximate surface area is 126 Å². The smallest absolute Gasteiger partial charge is 0.122 e. The van der Waals surface area contributed by atoms with E-state index < -0.39 is 0 Å². The summed E-state index contributed by atoms with van der Waals surface area (Å²) in [6, 6.07) is 14.4. The molecule has 0 bridgehead atoms. The van der Waals surface area contributed by atoms with E-state index in [2.05, 4.69) is 24.0 Å². The fourth-order valence-electron chi connectivity index (χ4n) is 2.89. The summed E-state index contributed by atoms with van der Waals surface area (Å²) in [5, 5.41) is 0. The molecule has 3 heteroatoms. The summed E-state index contributed by atoms with van der Waals surface area (Å²) >= 11 is 0. The molecule has 0 atom stereocenters. The number of rotatable bonds is 4. The number of fused-ring (bicyclic) bond motifs is 1. The highest BCUT2D eigenvalue weighted by molar-refractivity contribution is 5.51. The third-order valence-electron chi connectivity index (χ3n) is 4.14. The zero-order valence-electron chi connectivity index (χ0n) is 12.5. The highest BCUT2D eigenvalue weighted by Crippen LogP contribution is 2.24. The van der Waals surface area contributed by atoms with Crippen LogP contribution in [-0.4, -0.2) is 24.6 Å². The largest absolute Gasteiger partial charge is 0.492 e. The number of nitrogens with zero attached hydrogens (tertiary/aromatic N) is 1. The molecule has 0 saturated heterocycles. The van der Waals surface area contributed by atoms with Gasteiger partial charge in [0.05, 0.1) is 0 Å². The Morgan fingerprint density at radius 1 is 1.14 bits per heavy atom. The summed E-state index contributed by atoms with van der Waals surface area (Å²) in [5.41, 5.74) is 10.8. The van der Waals surface area contributed by atoms with Crippen LogP contribution in [0.15, 0.2) is 42.5 Å². The molecule has 0 unspecified atom stereocenters. The van der Waals surface area contributed by atoms with Crippen LogP contribution in [0, 0.1) is 6.92 Å². The Hall–Kier alpha value is -2.00. The molecule has 1 aliphatic heterocycles. The van der Waals surface area contributed by atoms with Crippen LogP contribution in [0.2, 0.25) is 0 Å². The van der Waals surface area contributed by atoms with Gasteiger partial charge in [-0.1, -0.05) is 30.3 Å². The standard InChI is InChI=1S/C18H22N2O/c1-14-5-2-3-8-18(14)21-12-11-20-10-9-16-15(13-20)6-4-7-17(16)19/h2-8H,9-13,19H2,1H3. The van der Waals surface area contributed by atoms with Crippen molar-refractivity contribution in [3.63, 3.8) is 0 Å². The first-order valence-corrected chi connectivity index (χ1v) is 7.51. The molecule has 2 aromatic rings. The Morgan fingerprint density at radius 3 is 2.86 bits per heavy atom. The van der Waals surface area contributed by atoms with Crippen molar-refractivity contribution in [3.8, 4) is 5.75 Å². The average molecular weight is 282 g/mol. The maximum atomic E-state index is 6.04. The molecule has 1 aliphatic rings. The second kappa shape index (κ2) is 6.19. The molecule has 0 amide bonds. The first-order chi connectivity index (χ1) is 10.2. The van der Waals surface area contributed by atoms with Gasteiger partial charge in [0.2, 0.25) is 0 Å². The average Bonchev–Trinajstić information content (AvgIpc) is 2.49. The van der Waals surface area contributed by atoms with Crippen molar-refractivity contribution in [1.82, 2.24) is 4.90 Å². The predicted molar refractivity (Wildman–Crippen MR) is 86.5 cm³/mol. The molecule has 2 N–H and O–H groups in total. The first kappa shape index (κ1) is 14.0. The summed E-state index contributed by atoms with van der Waals surface area (Å²) < 4.78 is 5.88. The van der Waals surface area contributed by atoms with E-state index in [4.69, 9.17) is 10.5 Å². The van der Waals surface area contributed by atoms with E-state index in [1.54, 1.807) is 0 Å². The molecule has 1 heterocycles. The summed E-state index contributed by atoms with van der Waals surface area (Å²) in [6.45, 7) is 5.77. The van der Waals surface area contributed by atoms with Crippen LogP contribution in [0.25, 0.3) is 0 Å². The third-order valence-corrected chi connectivity index (χ3v) is 4.14. The van der Waals surface area contributed by atoms with Crippen molar-refractivity contribution >= 4 is 5.69 Å². The van der Waals surface area contributed by atoms with E-state index in [-0.39, 0.29) is 0 Å². The van der Waals surface area contributed by atoms with E-state index >= 15 is 0 Å². The van der Waals surface area contributed by atoms with Crippen LogP contribution in [0.3, 0.4) is 0 Å². The van der Waals surface area contributed by atoms with Gasteiger partial charge in [-0.15, -0.1) is 0 Å². The lowest BCUT2D eigenvalue weighted by Gasteiger charge is -2.29. The van der Waals surface area contributed by atoms with Crippen LogP contribution in [0.5, 0.6) is 5.75 Å². The minimum Gasteiger partial charge on any atom is -0.492 e. The van der Waals surface area contributed by atoms with Crippen molar-refractivity contribution in [3.05, 3.63) is 59.2 Å². The topological polar surface area (TPSA) is 38.5 Å². The van der Waals surface area contributed by atoms with Gasteiger partial charge in [-0.05, 0) is 42.2 Å². The van der Waals surface area contributed by atoms with Gasteiger partial charge in [-0.25, -0.2) is 0 Å². The number of aryl methyl sites for hydroxylation is 1. The normalized spacial score (nSPS) is 14.7. The Kier molecular flexibility index (Phi) is 4.11. The molecule has 0 fully saturated rings. The maximum Gasteiger partial charge on any atom is 0.122 e. The number of para-hydroxylation sites is 1. The lowest BCUT2D eigenvalue weighted by Crippen LogP contribution is -2.34. The molecule has 110 valence electrons. The van der Waals surface area contributed by atoms with Gasteiger partial charge in [0.25, 0.3) is 0 Å². The number of nitrogen functional groups attached to an aromatic ring is 1. The Balaban J connectivity index is 1.55. The van der Waals surface area contributed by atoms with Gasteiger partial charge in [0.1, 0.15) is 12.4 Å². The quantitative estimate of drug-likeness (QED) is 0.876. The van der Waals surface area contributed by atoms with Crippen LogP contribution in [-0.2, 0) is 13.0 Å². The summed E-state index contributed by atoms with van der Waals surface area (Å²) in [4.78, 5) is 2.43. The molecule has 0 spiro atoms. The van der Waals surface area contributed by atoms with Crippen LogP contribution >= 0.6 is 0 Å². The lowest BCUT2D eigenvalue weighted by atomic mass is 9.98. The van der Waals surface area contributed by atoms with Gasteiger partial charge in [-0.2, -0.15) is 0 Å². The number of hydrogen-bond acceptors (Lipinski definition) is 3. The predicted octanol–water partition coefficient (Wildman–Crippen LogP) is 3.01. The van der Waals surface area contributed by atoms with Gasteiger partial charge in [0.15, 0.2) is 0 Å². The Morgan fingerprint density at radius 2 is 2.00 bits per heavy atom. The van der Waals surface area contributed by atoms with E-state index in [0.29, 0.717) is 0 Å². The highest BCUT2D eigenvalue weighted by Gasteiger charge is 2.17. The van der Waals surface area contributed by atoms with Gasteiger partial charge < -0.3 is 10.5 Å². The minimum absolute atomic E-state index is 0.725. The third kappa shape index (κ3) is 3.19. The van der Waals surface area contributed by atoms with Gasteiger partial charge in [-0.3, -0.25) is 4.90 Å². The molecular weight excluding hydrogens is 260 g/mol. The summed E-state index contributed by atoms with van der Waals surface area (Å²) in [6.07, 6.45) is 1.03. The van der Waals surface area contributed by atoms with Crippen LogP contribution in [0.4, 0.5) is 5.69 Å². The van der Waals surface area contributed by atoms with E-state index in [1.807, 2.05) is 30.3 Å². The molecule has 21 heavy (non-hydrogen) atoms. The lowest BCUT2D eigenvalue weighted by molar-refractivity contribution is 0.196. The van der Waals surface area contributed by atoms with Crippen molar-refractivity contribution < 1.29 is 4.74 Å². The zero-order chi connectivity index (χ0) is 14.7. The van der Waals surface area contributed by atoms with E-state index in [9.17, 15) is 0 Å². The van der Waals surface area contributed by atoms with Crippen molar-refractivity contribution in [2.45, 2.75) is 19.9 Å². The van der Waals surface area contributed by atoms with E-state index in [1.165, 1.54) is 16.7 Å². The van der Waals surface area contributed by atoms with Gasteiger partial charge in [0, 0.05) is 25.3 Å². The summed E-state index contributed by atoms with van der Waals surface area (Å²) in [7, 11) is 0. The van der Waals surface area contributed by atoms with Crippen molar-refractivity contribution in [1.29, 1.82) is 0 Å². The minimum atomic E-state index is 0.725. The van der Waals surface area contributed by atoms with Crippen molar-refractivity contribution in [2.24, 2.45) is 0 Å². The maximum absolute atomic E-state index is 6.04. The molecule has 3 rings (SSSR count). The molecule has 2 aromatic carbocycles. The SMILES string of the molecule is Cc1ccccc1OCCN1CCc2c(N)cccc2C1. The zero-order valence-corrected chi connectivity index (χ0v) is 12.5. The Bertz CT molecular complexity index is 624. The van der Waals surface area contributed by atoms with E-state index in [0.717, 1.165) is 44.1 Å². The van der Waals surface area contributed by atoms with Crippen LogP contribution < -0.4 is 10.5 Å². The number of anilines is 1. The first-order valence-electron chi connectivity index (χ1n) is 7.51. The molecular formula is C18H22N2O. The molecule has 0 saturated carbocycles. The molecule has 0 radical (unpaired) electrons. The fourth-order valence-corrected chi connectivity index (χ4v) is 2.89. The molecule has 3 nitrogen and oxygen atoms in total. The van der Waals surface area contributed by atoms with Crippen molar-refractivity contribution in [2.75, 3.05) is 25.4 Å². The number of nitrogens with two attached hydrogens (primary N) is 1. The second-order valence-electron chi connectivity index (χ2n) is 5.63. The fraction of sp³-hybridized carbons (Fsp3) is 0.333. The molecule has 0 aliphatic carbocycles. The van der Waals surface area contributed by atoms with Gasteiger partial charge >= 0.3 is 0 Å². The summed E-state index contributed by atoms with van der Waals surface area (Å²) in [5.74, 6) is 0.985. The second-order valence-corrected chi connectivity index (χ2v) is 5.63. The number of benzene rings is 2. The molecule has 0 aromatic heterocycles. The number of ether oxygens (including phenoxy) is 1.